The van der Waals surface area contributed by atoms with Gasteiger partial charge in [-0.3, -0.25) is 4.79 Å². The zero-order valence-electron chi connectivity index (χ0n) is 14.7. The number of amides is 1. The number of hydrogen-bond acceptors (Lipinski definition) is 4. The normalized spacial score (nSPS) is 14.8. The first-order valence-corrected chi connectivity index (χ1v) is 8.73. The molecule has 1 fully saturated rings. The Balaban J connectivity index is 1.39. The number of aromatic nitrogens is 2. The summed E-state index contributed by atoms with van der Waals surface area (Å²) in [5.74, 6) is 0.346. The SMILES string of the molecule is O=C(Cc1ccccc1)N1CC(c2nc(-c3cccc(C(F)(F)F)c3)no2)C1. The van der Waals surface area contributed by atoms with Crippen LogP contribution in [-0.2, 0) is 17.4 Å². The molecule has 2 heterocycles. The van der Waals surface area contributed by atoms with Gasteiger partial charge in [-0.2, -0.15) is 18.2 Å². The zero-order valence-corrected chi connectivity index (χ0v) is 14.7. The van der Waals surface area contributed by atoms with E-state index in [1.165, 1.54) is 12.1 Å². The second kappa shape index (κ2) is 7.10. The van der Waals surface area contributed by atoms with E-state index in [1.54, 1.807) is 4.90 Å². The molecule has 1 aliphatic heterocycles. The largest absolute Gasteiger partial charge is 0.416 e. The van der Waals surface area contributed by atoms with E-state index in [0.717, 1.165) is 17.7 Å². The van der Waals surface area contributed by atoms with Gasteiger partial charge in [0.1, 0.15) is 0 Å². The first-order chi connectivity index (χ1) is 13.4. The number of likely N-dealkylation sites (tertiary alicyclic amines) is 1. The zero-order chi connectivity index (χ0) is 19.7. The van der Waals surface area contributed by atoms with E-state index in [2.05, 4.69) is 10.1 Å². The van der Waals surface area contributed by atoms with E-state index in [4.69, 9.17) is 4.52 Å². The van der Waals surface area contributed by atoms with Gasteiger partial charge in [0, 0.05) is 18.7 Å². The summed E-state index contributed by atoms with van der Waals surface area (Å²) in [4.78, 5) is 18.2. The summed E-state index contributed by atoms with van der Waals surface area (Å²) in [7, 11) is 0. The molecule has 0 saturated carbocycles. The minimum atomic E-state index is -4.43. The quantitative estimate of drug-likeness (QED) is 0.681. The van der Waals surface area contributed by atoms with Gasteiger partial charge in [0.15, 0.2) is 0 Å². The molecule has 1 saturated heterocycles. The van der Waals surface area contributed by atoms with Crippen LogP contribution in [0.2, 0.25) is 0 Å². The highest BCUT2D eigenvalue weighted by atomic mass is 19.4. The number of carbonyl (C=O) groups excluding carboxylic acids is 1. The molecule has 1 amide bonds. The third-order valence-electron chi connectivity index (χ3n) is 4.67. The van der Waals surface area contributed by atoms with Gasteiger partial charge in [-0.15, -0.1) is 0 Å². The van der Waals surface area contributed by atoms with Gasteiger partial charge in [-0.05, 0) is 17.7 Å². The first kappa shape index (κ1) is 18.2. The molecule has 2 aromatic carbocycles. The van der Waals surface area contributed by atoms with Crippen LogP contribution in [0.15, 0.2) is 59.1 Å². The van der Waals surface area contributed by atoms with E-state index < -0.39 is 11.7 Å². The van der Waals surface area contributed by atoms with Crippen molar-refractivity contribution in [1.29, 1.82) is 0 Å². The van der Waals surface area contributed by atoms with Crippen molar-refractivity contribution in [3.63, 3.8) is 0 Å². The fraction of sp³-hybridized carbons (Fsp3) is 0.250. The summed E-state index contributed by atoms with van der Waals surface area (Å²) in [5.41, 5.74) is 0.416. The molecule has 0 radical (unpaired) electrons. The molecule has 5 nitrogen and oxygen atoms in total. The number of carbonyl (C=O) groups is 1. The number of hydrogen-bond donors (Lipinski definition) is 0. The number of alkyl halides is 3. The van der Waals surface area contributed by atoms with Crippen molar-refractivity contribution in [2.24, 2.45) is 0 Å². The maximum Gasteiger partial charge on any atom is 0.416 e. The van der Waals surface area contributed by atoms with Crippen LogP contribution in [0.25, 0.3) is 11.4 Å². The molecule has 8 heteroatoms. The van der Waals surface area contributed by atoms with Gasteiger partial charge in [0.2, 0.25) is 17.6 Å². The van der Waals surface area contributed by atoms with Crippen molar-refractivity contribution in [3.8, 4) is 11.4 Å². The molecule has 0 spiro atoms. The fourth-order valence-electron chi connectivity index (χ4n) is 3.07. The highest BCUT2D eigenvalue weighted by Gasteiger charge is 2.36. The second-order valence-corrected chi connectivity index (χ2v) is 6.69. The Morgan fingerprint density at radius 2 is 1.86 bits per heavy atom. The van der Waals surface area contributed by atoms with Crippen LogP contribution >= 0.6 is 0 Å². The summed E-state index contributed by atoms with van der Waals surface area (Å²) in [6.07, 6.45) is -4.11. The highest BCUT2D eigenvalue weighted by Crippen LogP contribution is 2.32. The van der Waals surface area contributed by atoms with E-state index in [1.807, 2.05) is 30.3 Å². The molecule has 0 atom stereocenters. The Morgan fingerprint density at radius 1 is 1.11 bits per heavy atom. The standard InChI is InChI=1S/C20H16F3N3O2/c21-20(22,23)16-8-4-7-14(10-16)18-24-19(28-25-18)15-11-26(12-15)17(27)9-13-5-2-1-3-6-13/h1-8,10,15H,9,11-12H2. The molecule has 4 rings (SSSR count). The number of rotatable bonds is 4. The van der Waals surface area contributed by atoms with Crippen LogP contribution < -0.4 is 0 Å². The topological polar surface area (TPSA) is 59.2 Å². The average molecular weight is 387 g/mol. The molecular formula is C20H16F3N3O2. The monoisotopic (exact) mass is 387 g/mol. The van der Waals surface area contributed by atoms with Gasteiger partial charge in [0.05, 0.1) is 17.9 Å². The summed E-state index contributed by atoms with van der Waals surface area (Å²) in [5, 5.41) is 3.79. The Hall–Kier alpha value is -3.16. The first-order valence-electron chi connectivity index (χ1n) is 8.73. The lowest BCUT2D eigenvalue weighted by molar-refractivity contribution is -0.137. The maximum atomic E-state index is 12.9. The van der Waals surface area contributed by atoms with Gasteiger partial charge in [-0.25, -0.2) is 0 Å². The van der Waals surface area contributed by atoms with Crippen molar-refractivity contribution in [2.45, 2.75) is 18.5 Å². The Morgan fingerprint density at radius 3 is 2.57 bits per heavy atom. The fourth-order valence-corrected chi connectivity index (χ4v) is 3.07. The van der Waals surface area contributed by atoms with E-state index >= 15 is 0 Å². The lowest BCUT2D eigenvalue weighted by Crippen LogP contribution is -2.49. The summed E-state index contributed by atoms with van der Waals surface area (Å²) < 4.78 is 43.8. The predicted octanol–water partition coefficient (Wildman–Crippen LogP) is 3.92. The summed E-state index contributed by atoms with van der Waals surface area (Å²) in [6, 6.07) is 14.2. The molecule has 1 aromatic heterocycles. The van der Waals surface area contributed by atoms with E-state index in [9.17, 15) is 18.0 Å². The van der Waals surface area contributed by atoms with Gasteiger partial charge in [-0.1, -0.05) is 47.6 Å². The van der Waals surface area contributed by atoms with E-state index in [-0.39, 0.29) is 23.2 Å². The second-order valence-electron chi connectivity index (χ2n) is 6.69. The molecule has 28 heavy (non-hydrogen) atoms. The molecular weight excluding hydrogens is 371 g/mol. The predicted molar refractivity (Wildman–Crippen MR) is 94.2 cm³/mol. The summed E-state index contributed by atoms with van der Waals surface area (Å²) >= 11 is 0. The van der Waals surface area contributed by atoms with Crippen LogP contribution in [0, 0.1) is 0 Å². The minimum absolute atomic E-state index is 0.0140. The van der Waals surface area contributed by atoms with Crippen molar-refractivity contribution >= 4 is 5.91 Å². The third-order valence-corrected chi connectivity index (χ3v) is 4.67. The van der Waals surface area contributed by atoms with Crippen LogP contribution in [0.4, 0.5) is 13.2 Å². The molecule has 3 aromatic rings. The van der Waals surface area contributed by atoms with Gasteiger partial charge < -0.3 is 9.42 Å². The van der Waals surface area contributed by atoms with Crippen molar-refractivity contribution in [2.75, 3.05) is 13.1 Å². The van der Waals surface area contributed by atoms with Crippen LogP contribution in [-0.4, -0.2) is 34.0 Å². The summed E-state index contributed by atoms with van der Waals surface area (Å²) in [6.45, 7) is 0.909. The van der Waals surface area contributed by atoms with Gasteiger partial charge in [0.25, 0.3) is 0 Å². The van der Waals surface area contributed by atoms with Crippen LogP contribution in [0.1, 0.15) is 22.9 Å². The maximum absolute atomic E-state index is 12.9. The van der Waals surface area contributed by atoms with Crippen molar-refractivity contribution in [1.82, 2.24) is 15.0 Å². The molecule has 0 bridgehead atoms. The van der Waals surface area contributed by atoms with Crippen molar-refractivity contribution < 1.29 is 22.5 Å². The smallest absolute Gasteiger partial charge is 0.341 e. The molecule has 0 unspecified atom stereocenters. The Labute approximate surface area is 158 Å². The lowest BCUT2D eigenvalue weighted by atomic mass is 9.98. The lowest BCUT2D eigenvalue weighted by Gasteiger charge is -2.37. The molecule has 0 aliphatic carbocycles. The molecule has 1 aliphatic rings. The highest BCUT2D eigenvalue weighted by molar-refractivity contribution is 5.79. The van der Waals surface area contributed by atoms with E-state index in [0.29, 0.717) is 25.4 Å². The number of nitrogens with zero attached hydrogens (tertiary/aromatic N) is 3. The minimum Gasteiger partial charge on any atom is -0.341 e. The Kier molecular flexibility index (Phi) is 4.62. The third kappa shape index (κ3) is 3.76. The van der Waals surface area contributed by atoms with Crippen molar-refractivity contribution in [3.05, 3.63) is 71.6 Å². The number of halogens is 3. The van der Waals surface area contributed by atoms with Gasteiger partial charge >= 0.3 is 6.18 Å². The number of benzene rings is 2. The Bertz CT molecular complexity index is 980. The van der Waals surface area contributed by atoms with Crippen LogP contribution in [0.3, 0.4) is 0 Å². The molecule has 0 N–H and O–H groups in total. The van der Waals surface area contributed by atoms with Crippen LogP contribution in [0.5, 0.6) is 0 Å². The average Bonchev–Trinajstić information content (AvgIpc) is 3.10. The molecule has 144 valence electrons.